The Balaban J connectivity index is 1.91. The molecule has 0 aliphatic rings. The molecular weight excluding hydrogens is 443 g/mol. The number of carbonyl (C=O) groups excluding carboxylic acids is 2. The number of nitrogens with one attached hydrogen (secondary N) is 2. The van der Waals surface area contributed by atoms with E-state index in [1.54, 1.807) is 6.07 Å². The number of ether oxygens (including phenoxy) is 1. The third-order valence-corrected chi connectivity index (χ3v) is 4.75. The lowest BCUT2D eigenvalue weighted by atomic mass is 10.2. The van der Waals surface area contributed by atoms with E-state index in [1.165, 1.54) is 13.2 Å². The van der Waals surface area contributed by atoms with Crippen molar-refractivity contribution in [3.8, 4) is 5.75 Å². The van der Waals surface area contributed by atoms with Crippen LogP contribution in [-0.4, -0.2) is 25.5 Å². The highest BCUT2D eigenvalue weighted by Gasteiger charge is 2.15. The second-order valence-corrected chi connectivity index (χ2v) is 6.48. The Morgan fingerprint density at radius 2 is 1.88 bits per heavy atom. The number of methoxy groups -OCH3 is 1. The summed E-state index contributed by atoms with van der Waals surface area (Å²) in [6.45, 7) is 0.284. The average Bonchev–Trinajstić information content (AvgIpc) is 2.60. The van der Waals surface area contributed by atoms with Crippen LogP contribution in [0, 0.1) is 3.57 Å². The van der Waals surface area contributed by atoms with Gasteiger partial charge in [-0.2, -0.15) is 0 Å². The first-order chi connectivity index (χ1) is 11.5. The summed E-state index contributed by atoms with van der Waals surface area (Å²) in [5.41, 5.74) is 1.28. The first-order valence-corrected chi connectivity index (χ1v) is 8.58. The third-order valence-electron chi connectivity index (χ3n) is 3.23. The second-order valence-electron chi connectivity index (χ2n) is 4.91. The largest absolute Gasteiger partial charge is 0.496 e. The Bertz CT molecular complexity index is 738. The second kappa shape index (κ2) is 8.89. The van der Waals surface area contributed by atoms with Gasteiger partial charge in [0.15, 0.2) is 0 Å². The van der Waals surface area contributed by atoms with Crippen molar-refractivity contribution in [1.29, 1.82) is 0 Å². The lowest BCUT2D eigenvalue weighted by molar-refractivity contribution is -0.120. The summed E-state index contributed by atoms with van der Waals surface area (Å²) in [6.07, 6.45) is 0. The summed E-state index contributed by atoms with van der Waals surface area (Å²) >= 11 is 8.10. The van der Waals surface area contributed by atoms with Crippen molar-refractivity contribution in [2.24, 2.45) is 0 Å². The van der Waals surface area contributed by atoms with Gasteiger partial charge in [0.1, 0.15) is 5.75 Å². The maximum absolute atomic E-state index is 12.2. The topological polar surface area (TPSA) is 67.4 Å². The lowest BCUT2D eigenvalue weighted by Crippen LogP contribution is -2.36. The van der Waals surface area contributed by atoms with E-state index in [9.17, 15) is 9.59 Å². The molecule has 0 radical (unpaired) electrons. The van der Waals surface area contributed by atoms with Gasteiger partial charge in [-0.15, -0.1) is 0 Å². The van der Waals surface area contributed by atoms with Crippen LogP contribution in [0.4, 0.5) is 0 Å². The van der Waals surface area contributed by atoms with Gasteiger partial charge in [-0.25, -0.2) is 0 Å². The molecule has 0 saturated heterocycles. The molecule has 2 N–H and O–H groups in total. The molecule has 0 spiro atoms. The molecule has 0 aromatic heterocycles. The van der Waals surface area contributed by atoms with Crippen LogP contribution >= 0.6 is 34.2 Å². The highest BCUT2D eigenvalue weighted by Crippen LogP contribution is 2.28. The molecular formula is C17H16ClIN2O3. The van der Waals surface area contributed by atoms with Gasteiger partial charge in [-0.1, -0.05) is 41.9 Å². The van der Waals surface area contributed by atoms with Crippen LogP contribution in [0.5, 0.6) is 5.75 Å². The summed E-state index contributed by atoms with van der Waals surface area (Å²) in [5, 5.41) is 5.76. The zero-order valence-electron chi connectivity index (χ0n) is 12.9. The molecule has 2 rings (SSSR count). The smallest absolute Gasteiger partial charge is 0.255 e. The Morgan fingerprint density at radius 3 is 2.54 bits per heavy atom. The van der Waals surface area contributed by atoms with Gasteiger partial charge >= 0.3 is 0 Å². The standard InChI is InChI=1S/C17H16ClIN2O3/c1-24-15-8-14(19)13(18)7-12(15)17(23)21-10-16(22)20-9-11-5-3-2-4-6-11/h2-8H,9-10H2,1H3,(H,20,22)(H,21,23). The summed E-state index contributed by atoms with van der Waals surface area (Å²) in [7, 11) is 1.47. The summed E-state index contributed by atoms with van der Waals surface area (Å²) in [4.78, 5) is 24.1. The Morgan fingerprint density at radius 1 is 1.17 bits per heavy atom. The van der Waals surface area contributed by atoms with Crippen LogP contribution < -0.4 is 15.4 Å². The number of hydrogen-bond donors (Lipinski definition) is 2. The molecule has 0 aliphatic heterocycles. The maximum Gasteiger partial charge on any atom is 0.255 e. The summed E-state index contributed by atoms with van der Waals surface area (Å²) in [5.74, 6) is -0.284. The van der Waals surface area contributed by atoms with Crippen LogP contribution in [-0.2, 0) is 11.3 Å². The zero-order chi connectivity index (χ0) is 17.5. The van der Waals surface area contributed by atoms with Gasteiger partial charge in [0.05, 0.1) is 24.2 Å². The molecule has 0 bridgehead atoms. The highest BCUT2D eigenvalue weighted by atomic mass is 127. The molecule has 2 aromatic rings. The van der Waals surface area contributed by atoms with E-state index < -0.39 is 5.91 Å². The number of rotatable bonds is 6. The van der Waals surface area contributed by atoms with Gasteiger partial charge < -0.3 is 15.4 Å². The number of halogens is 2. The van der Waals surface area contributed by atoms with Crippen molar-refractivity contribution in [2.45, 2.75) is 6.54 Å². The fourth-order valence-corrected chi connectivity index (χ4v) is 2.59. The van der Waals surface area contributed by atoms with Crippen LogP contribution in [0.1, 0.15) is 15.9 Å². The van der Waals surface area contributed by atoms with E-state index in [4.69, 9.17) is 16.3 Å². The third kappa shape index (κ3) is 5.10. The van der Waals surface area contributed by atoms with E-state index >= 15 is 0 Å². The van der Waals surface area contributed by atoms with Crippen molar-refractivity contribution < 1.29 is 14.3 Å². The van der Waals surface area contributed by atoms with Crippen molar-refractivity contribution >= 4 is 46.0 Å². The van der Waals surface area contributed by atoms with Crippen LogP contribution in [0.15, 0.2) is 42.5 Å². The number of benzene rings is 2. The van der Waals surface area contributed by atoms with E-state index in [-0.39, 0.29) is 12.5 Å². The van der Waals surface area contributed by atoms with Crippen LogP contribution in [0.25, 0.3) is 0 Å². The zero-order valence-corrected chi connectivity index (χ0v) is 15.8. The van der Waals surface area contributed by atoms with Crippen molar-refractivity contribution in [2.75, 3.05) is 13.7 Å². The Kier molecular flexibility index (Phi) is 6.86. The molecule has 24 heavy (non-hydrogen) atoms. The van der Waals surface area contributed by atoms with Gasteiger partial charge in [0.25, 0.3) is 5.91 Å². The molecule has 5 nitrogen and oxygen atoms in total. The normalized spacial score (nSPS) is 10.1. The van der Waals surface area contributed by atoms with Crippen molar-refractivity contribution in [1.82, 2.24) is 10.6 Å². The molecule has 0 saturated carbocycles. The van der Waals surface area contributed by atoms with Crippen LogP contribution in [0.3, 0.4) is 0 Å². The first-order valence-electron chi connectivity index (χ1n) is 7.13. The molecule has 0 atom stereocenters. The monoisotopic (exact) mass is 458 g/mol. The minimum atomic E-state index is -0.417. The Labute approximate surface area is 158 Å². The first kappa shape index (κ1) is 18.5. The Hall–Kier alpha value is -1.80. The predicted molar refractivity (Wildman–Crippen MR) is 101 cm³/mol. The van der Waals surface area contributed by atoms with Crippen LogP contribution in [0.2, 0.25) is 5.02 Å². The number of amides is 2. The van der Waals surface area contributed by atoms with Crippen molar-refractivity contribution in [3.05, 3.63) is 62.2 Å². The fourth-order valence-electron chi connectivity index (χ4n) is 1.99. The molecule has 7 heteroatoms. The molecule has 0 heterocycles. The summed E-state index contributed by atoms with van der Waals surface area (Å²) < 4.78 is 5.97. The van der Waals surface area contributed by atoms with Gasteiger partial charge in [0.2, 0.25) is 5.91 Å². The quantitative estimate of drug-likeness (QED) is 0.654. The van der Waals surface area contributed by atoms with E-state index in [2.05, 4.69) is 33.2 Å². The number of hydrogen-bond acceptors (Lipinski definition) is 3. The number of carbonyl (C=O) groups is 2. The highest BCUT2D eigenvalue weighted by molar-refractivity contribution is 14.1. The minimum absolute atomic E-state index is 0.127. The molecule has 0 fully saturated rings. The van der Waals surface area contributed by atoms with Gasteiger partial charge in [0, 0.05) is 10.1 Å². The minimum Gasteiger partial charge on any atom is -0.496 e. The molecule has 126 valence electrons. The lowest BCUT2D eigenvalue weighted by Gasteiger charge is -2.11. The average molecular weight is 459 g/mol. The molecule has 0 unspecified atom stereocenters. The molecule has 2 aromatic carbocycles. The van der Waals surface area contributed by atoms with E-state index in [0.29, 0.717) is 22.9 Å². The predicted octanol–water partition coefficient (Wildman–Crippen LogP) is 3.00. The molecule has 0 aliphatic carbocycles. The fraction of sp³-hybridized carbons (Fsp3) is 0.176. The van der Waals surface area contributed by atoms with E-state index in [1.807, 2.05) is 30.3 Å². The maximum atomic E-state index is 12.2. The molecule has 2 amide bonds. The van der Waals surface area contributed by atoms with Gasteiger partial charge in [-0.05, 0) is 40.3 Å². The summed E-state index contributed by atoms with van der Waals surface area (Å²) in [6, 6.07) is 12.7. The van der Waals surface area contributed by atoms with E-state index in [0.717, 1.165) is 9.13 Å². The van der Waals surface area contributed by atoms with Gasteiger partial charge in [-0.3, -0.25) is 9.59 Å². The van der Waals surface area contributed by atoms with Crippen molar-refractivity contribution in [3.63, 3.8) is 0 Å². The SMILES string of the molecule is COc1cc(I)c(Cl)cc1C(=O)NCC(=O)NCc1ccccc1.